The molecule has 4 rings (SSSR count). The highest BCUT2D eigenvalue weighted by Gasteiger charge is 2.18. The normalized spacial score (nSPS) is 11.9. The van der Waals surface area contributed by atoms with Gasteiger partial charge in [-0.2, -0.15) is 0 Å². The highest BCUT2D eigenvalue weighted by molar-refractivity contribution is 8.00. The lowest BCUT2D eigenvalue weighted by molar-refractivity contribution is -0.115. The first-order valence-electron chi connectivity index (χ1n) is 13.9. The Morgan fingerprint density at radius 3 is 2.12 bits per heavy atom. The first-order chi connectivity index (χ1) is 20.7. The van der Waals surface area contributed by atoms with Gasteiger partial charge in [0, 0.05) is 27.9 Å². The van der Waals surface area contributed by atoms with E-state index >= 15 is 0 Å². The zero-order valence-electron chi connectivity index (χ0n) is 24.6. The van der Waals surface area contributed by atoms with Gasteiger partial charge >= 0.3 is 0 Å². The topological polar surface area (TPSA) is 96.5 Å². The number of ether oxygens (including phenoxy) is 1. The molecular formula is C35H35N3O4S. The molecule has 3 N–H and O–H groups in total. The molecule has 8 heteroatoms. The molecule has 43 heavy (non-hydrogen) atoms. The second-order valence-corrected chi connectivity index (χ2v) is 11.6. The fourth-order valence-corrected chi connectivity index (χ4v) is 5.06. The van der Waals surface area contributed by atoms with Crippen LogP contribution in [-0.2, 0) is 9.59 Å². The van der Waals surface area contributed by atoms with Gasteiger partial charge in [0.1, 0.15) is 11.4 Å². The molecule has 220 valence electrons. The number of carbonyl (C=O) groups is 3. The van der Waals surface area contributed by atoms with Gasteiger partial charge in [0.2, 0.25) is 5.91 Å². The van der Waals surface area contributed by atoms with Crippen molar-refractivity contribution in [3.8, 4) is 5.75 Å². The van der Waals surface area contributed by atoms with E-state index in [1.54, 1.807) is 67.8 Å². The van der Waals surface area contributed by atoms with Crippen molar-refractivity contribution in [2.45, 2.75) is 36.8 Å². The van der Waals surface area contributed by atoms with Crippen LogP contribution in [0.2, 0.25) is 0 Å². The molecule has 0 aliphatic carbocycles. The molecule has 0 bridgehead atoms. The summed E-state index contributed by atoms with van der Waals surface area (Å²) in [4.78, 5) is 40.1. The minimum absolute atomic E-state index is 0.107. The van der Waals surface area contributed by atoms with E-state index < -0.39 is 11.2 Å². The molecule has 0 aromatic heterocycles. The lowest BCUT2D eigenvalue weighted by Gasteiger charge is -2.14. The van der Waals surface area contributed by atoms with Gasteiger partial charge in [-0.1, -0.05) is 68.4 Å². The second-order valence-electron chi connectivity index (χ2n) is 10.2. The SMILES string of the molecule is COc1cccc(NC(=O)C(C)Sc2cccc(NC(=O)/C(=C\c3ccc(C(C)C)cc3)NC(=O)c3ccccc3)c2)c1. The summed E-state index contributed by atoms with van der Waals surface area (Å²) in [7, 11) is 1.57. The smallest absolute Gasteiger partial charge is 0.272 e. The Kier molecular flexibility index (Phi) is 10.8. The molecule has 0 aliphatic rings. The lowest BCUT2D eigenvalue weighted by Crippen LogP contribution is -2.30. The van der Waals surface area contributed by atoms with Gasteiger partial charge in [-0.25, -0.2) is 0 Å². The third-order valence-corrected chi connectivity index (χ3v) is 7.65. The van der Waals surface area contributed by atoms with Gasteiger partial charge in [0.15, 0.2) is 0 Å². The molecule has 0 aliphatic heterocycles. The van der Waals surface area contributed by atoms with Crippen LogP contribution in [0.3, 0.4) is 0 Å². The number of carbonyl (C=O) groups excluding carboxylic acids is 3. The van der Waals surface area contributed by atoms with Gasteiger partial charge < -0.3 is 20.7 Å². The van der Waals surface area contributed by atoms with Gasteiger partial charge in [0.05, 0.1) is 12.4 Å². The molecule has 7 nitrogen and oxygen atoms in total. The fourth-order valence-electron chi connectivity index (χ4n) is 4.13. The molecule has 0 radical (unpaired) electrons. The third kappa shape index (κ3) is 9.08. The van der Waals surface area contributed by atoms with E-state index in [4.69, 9.17) is 4.74 Å². The van der Waals surface area contributed by atoms with E-state index in [2.05, 4.69) is 29.8 Å². The monoisotopic (exact) mass is 593 g/mol. The predicted molar refractivity (Wildman–Crippen MR) is 174 cm³/mol. The van der Waals surface area contributed by atoms with Crippen molar-refractivity contribution < 1.29 is 19.1 Å². The van der Waals surface area contributed by atoms with E-state index in [1.807, 2.05) is 55.5 Å². The maximum Gasteiger partial charge on any atom is 0.272 e. The Hall–Kier alpha value is -4.82. The number of hydrogen-bond acceptors (Lipinski definition) is 5. The zero-order valence-corrected chi connectivity index (χ0v) is 25.4. The summed E-state index contributed by atoms with van der Waals surface area (Å²) < 4.78 is 5.23. The number of hydrogen-bond donors (Lipinski definition) is 3. The minimum atomic E-state index is -0.469. The van der Waals surface area contributed by atoms with Crippen LogP contribution in [0, 0.1) is 0 Å². The molecule has 0 fully saturated rings. The maximum absolute atomic E-state index is 13.5. The minimum Gasteiger partial charge on any atom is -0.497 e. The van der Waals surface area contributed by atoms with Crippen molar-refractivity contribution in [3.05, 3.63) is 126 Å². The third-order valence-electron chi connectivity index (χ3n) is 6.55. The number of methoxy groups -OCH3 is 1. The van der Waals surface area contributed by atoms with Crippen LogP contribution in [0.5, 0.6) is 5.75 Å². The number of anilines is 2. The molecule has 0 saturated carbocycles. The fraction of sp³-hybridized carbons (Fsp3) is 0.171. The molecule has 0 saturated heterocycles. The van der Waals surface area contributed by atoms with Crippen LogP contribution in [0.15, 0.2) is 114 Å². The van der Waals surface area contributed by atoms with Crippen LogP contribution in [0.25, 0.3) is 6.08 Å². The predicted octanol–water partition coefficient (Wildman–Crippen LogP) is 7.35. The number of nitrogens with one attached hydrogen (secondary N) is 3. The lowest BCUT2D eigenvalue weighted by atomic mass is 10.0. The Morgan fingerprint density at radius 1 is 0.767 bits per heavy atom. The summed E-state index contributed by atoms with van der Waals surface area (Å²) in [6, 6.07) is 31.0. The van der Waals surface area contributed by atoms with Crippen LogP contribution in [0.1, 0.15) is 48.2 Å². The standard InChI is InChI=1S/C35H35N3O4S/c1-23(2)26-18-16-25(17-19-26)20-32(38-34(40)27-10-6-5-7-11-27)35(41)37-29-13-9-15-31(22-29)43-24(3)33(39)36-28-12-8-14-30(21-28)42-4/h5-24H,1-4H3,(H,36,39)(H,37,41)(H,38,40)/b32-20+. The number of rotatable bonds is 11. The maximum atomic E-state index is 13.5. The van der Waals surface area contributed by atoms with Crippen molar-refractivity contribution in [2.75, 3.05) is 17.7 Å². The van der Waals surface area contributed by atoms with Gasteiger partial charge in [-0.05, 0) is 72.5 Å². The first-order valence-corrected chi connectivity index (χ1v) is 14.8. The second kappa shape index (κ2) is 14.9. The average Bonchev–Trinajstić information content (AvgIpc) is 3.01. The van der Waals surface area contributed by atoms with Crippen molar-refractivity contribution >= 4 is 46.9 Å². The van der Waals surface area contributed by atoms with Crippen LogP contribution >= 0.6 is 11.8 Å². The van der Waals surface area contributed by atoms with E-state index in [-0.39, 0.29) is 17.5 Å². The van der Waals surface area contributed by atoms with Crippen molar-refractivity contribution in [1.29, 1.82) is 0 Å². The summed E-state index contributed by atoms with van der Waals surface area (Å²) >= 11 is 1.37. The Bertz CT molecular complexity index is 1600. The quantitative estimate of drug-likeness (QED) is 0.125. The van der Waals surface area contributed by atoms with Gasteiger partial charge in [-0.3, -0.25) is 14.4 Å². The summed E-state index contributed by atoms with van der Waals surface area (Å²) in [6.07, 6.45) is 1.66. The van der Waals surface area contributed by atoms with E-state index in [9.17, 15) is 14.4 Å². The number of benzene rings is 4. The van der Waals surface area contributed by atoms with Crippen LogP contribution in [0.4, 0.5) is 11.4 Å². The molecule has 0 heterocycles. The van der Waals surface area contributed by atoms with E-state index in [0.29, 0.717) is 28.6 Å². The molecular weight excluding hydrogens is 558 g/mol. The highest BCUT2D eigenvalue weighted by atomic mass is 32.2. The molecule has 1 atom stereocenters. The van der Waals surface area contributed by atoms with E-state index in [0.717, 1.165) is 10.5 Å². The number of amides is 3. The highest BCUT2D eigenvalue weighted by Crippen LogP contribution is 2.27. The Balaban J connectivity index is 1.48. The van der Waals surface area contributed by atoms with Crippen molar-refractivity contribution in [3.63, 3.8) is 0 Å². The van der Waals surface area contributed by atoms with Gasteiger partial charge in [0.25, 0.3) is 11.8 Å². The van der Waals surface area contributed by atoms with E-state index in [1.165, 1.54) is 17.3 Å². The Labute approximate surface area is 256 Å². The molecule has 1 unspecified atom stereocenters. The largest absolute Gasteiger partial charge is 0.497 e. The average molecular weight is 594 g/mol. The summed E-state index contributed by atoms with van der Waals surface area (Å²) in [5.74, 6) is 0.0102. The zero-order chi connectivity index (χ0) is 30.8. The first kappa shape index (κ1) is 31.1. The van der Waals surface area contributed by atoms with Crippen LogP contribution < -0.4 is 20.7 Å². The molecule has 3 amide bonds. The summed E-state index contributed by atoms with van der Waals surface area (Å²) in [5.41, 5.74) is 3.69. The molecule has 4 aromatic carbocycles. The van der Waals surface area contributed by atoms with Gasteiger partial charge in [-0.15, -0.1) is 11.8 Å². The summed E-state index contributed by atoms with van der Waals surface area (Å²) in [6.45, 7) is 6.05. The molecule has 0 spiro atoms. The summed E-state index contributed by atoms with van der Waals surface area (Å²) in [5, 5.41) is 8.16. The Morgan fingerprint density at radius 2 is 1.44 bits per heavy atom. The van der Waals surface area contributed by atoms with Crippen molar-refractivity contribution in [2.24, 2.45) is 0 Å². The van der Waals surface area contributed by atoms with Crippen LogP contribution in [-0.4, -0.2) is 30.1 Å². The molecule has 4 aromatic rings. The van der Waals surface area contributed by atoms with Crippen molar-refractivity contribution in [1.82, 2.24) is 5.32 Å². The number of thioether (sulfide) groups is 1.